The Morgan fingerprint density at radius 1 is 1.18 bits per heavy atom. The molecule has 9 heteroatoms. The van der Waals surface area contributed by atoms with Gasteiger partial charge in [0.2, 0.25) is 5.95 Å². The summed E-state index contributed by atoms with van der Waals surface area (Å²) in [7, 11) is 1.68. The molecule has 7 nitrogen and oxygen atoms in total. The molecular weight excluding hydrogens is 366 g/mol. The third-order valence-electron chi connectivity index (χ3n) is 5.05. The van der Waals surface area contributed by atoms with E-state index in [1.165, 1.54) is 18.6 Å². The molecule has 28 heavy (non-hydrogen) atoms. The topological polar surface area (TPSA) is 95.6 Å². The fraction of sp³-hybridized carbons (Fsp3) is 0.368. The van der Waals surface area contributed by atoms with Gasteiger partial charge in [0.15, 0.2) is 5.78 Å². The zero-order valence-corrected chi connectivity index (χ0v) is 15.3. The minimum absolute atomic E-state index is 0.0596. The number of rotatable bonds is 5. The first-order chi connectivity index (χ1) is 13.6. The highest BCUT2D eigenvalue weighted by Crippen LogP contribution is 2.27. The Morgan fingerprint density at radius 2 is 1.96 bits per heavy atom. The number of aromatic amines is 1. The summed E-state index contributed by atoms with van der Waals surface area (Å²) in [5.74, 6) is -0.544. The molecule has 0 atom stereocenters. The molecular formula is C19H20F2N6O. The van der Waals surface area contributed by atoms with Crippen molar-refractivity contribution in [3.8, 4) is 0 Å². The zero-order chi connectivity index (χ0) is 19.7. The fourth-order valence-corrected chi connectivity index (χ4v) is 3.57. The van der Waals surface area contributed by atoms with E-state index in [1.54, 1.807) is 13.1 Å². The van der Waals surface area contributed by atoms with Crippen LogP contribution in [-0.4, -0.2) is 45.0 Å². The van der Waals surface area contributed by atoms with Gasteiger partial charge in [0, 0.05) is 19.3 Å². The van der Waals surface area contributed by atoms with Crippen LogP contribution in [0.5, 0.6) is 0 Å². The highest BCUT2D eigenvalue weighted by molar-refractivity contribution is 6.18. The van der Waals surface area contributed by atoms with Crippen LogP contribution in [0.25, 0.3) is 11.0 Å². The number of anilines is 2. The summed E-state index contributed by atoms with van der Waals surface area (Å²) >= 11 is 0. The summed E-state index contributed by atoms with van der Waals surface area (Å²) in [6.07, 6.45) is 4.44. The SMILES string of the molecule is CNc1ncnc2[nH]cc(C(=O)c3ccc(NC4CCC(F)CC4)nc3F)c12. The number of H-pyrrole nitrogens is 1. The van der Waals surface area contributed by atoms with Crippen LogP contribution in [0.2, 0.25) is 0 Å². The Bertz CT molecular complexity index is 1010. The maximum absolute atomic E-state index is 14.6. The number of nitrogens with one attached hydrogen (secondary N) is 3. The van der Waals surface area contributed by atoms with Gasteiger partial charge in [0.25, 0.3) is 0 Å². The lowest BCUT2D eigenvalue weighted by Gasteiger charge is -2.25. The van der Waals surface area contributed by atoms with Crippen molar-refractivity contribution < 1.29 is 13.6 Å². The molecule has 0 bridgehead atoms. The van der Waals surface area contributed by atoms with Gasteiger partial charge in [0.05, 0.1) is 16.5 Å². The van der Waals surface area contributed by atoms with E-state index in [2.05, 4.69) is 30.6 Å². The average Bonchev–Trinajstić information content (AvgIpc) is 3.14. The second-order valence-electron chi connectivity index (χ2n) is 6.86. The van der Waals surface area contributed by atoms with E-state index < -0.39 is 17.9 Å². The van der Waals surface area contributed by atoms with Gasteiger partial charge in [0.1, 0.15) is 29.8 Å². The predicted molar refractivity (Wildman–Crippen MR) is 102 cm³/mol. The van der Waals surface area contributed by atoms with Crippen molar-refractivity contribution in [2.45, 2.75) is 37.9 Å². The van der Waals surface area contributed by atoms with Crippen molar-refractivity contribution in [2.75, 3.05) is 17.7 Å². The number of fused-ring (bicyclic) bond motifs is 1. The van der Waals surface area contributed by atoms with Crippen LogP contribution in [0, 0.1) is 5.95 Å². The number of halogens is 2. The normalized spacial score (nSPS) is 19.5. The number of aromatic nitrogens is 4. The Labute approximate surface area is 160 Å². The Hall–Kier alpha value is -3.10. The molecule has 0 saturated heterocycles. The van der Waals surface area contributed by atoms with Crippen molar-refractivity contribution >= 4 is 28.5 Å². The van der Waals surface area contributed by atoms with Crippen LogP contribution in [0.1, 0.15) is 41.6 Å². The predicted octanol–water partition coefficient (Wildman–Crippen LogP) is 3.46. The Balaban J connectivity index is 1.59. The minimum atomic E-state index is -0.855. The molecule has 3 aromatic heterocycles. The molecule has 0 aliphatic heterocycles. The first kappa shape index (κ1) is 18.3. The second-order valence-corrected chi connectivity index (χ2v) is 6.86. The van der Waals surface area contributed by atoms with Gasteiger partial charge in [-0.15, -0.1) is 0 Å². The number of pyridine rings is 1. The Morgan fingerprint density at radius 3 is 2.68 bits per heavy atom. The maximum Gasteiger partial charge on any atom is 0.226 e. The number of hydrogen-bond acceptors (Lipinski definition) is 6. The zero-order valence-electron chi connectivity index (χ0n) is 15.3. The van der Waals surface area contributed by atoms with E-state index in [1.807, 2.05) is 0 Å². The lowest BCUT2D eigenvalue weighted by molar-refractivity contribution is 0.103. The molecule has 1 fully saturated rings. The fourth-order valence-electron chi connectivity index (χ4n) is 3.57. The van der Waals surface area contributed by atoms with E-state index in [0.29, 0.717) is 48.4 Å². The van der Waals surface area contributed by atoms with Crippen molar-refractivity contribution in [1.29, 1.82) is 0 Å². The average molecular weight is 386 g/mol. The van der Waals surface area contributed by atoms with Crippen molar-refractivity contribution in [3.05, 3.63) is 41.7 Å². The van der Waals surface area contributed by atoms with Gasteiger partial charge >= 0.3 is 0 Å². The molecule has 1 saturated carbocycles. The van der Waals surface area contributed by atoms with Gasteiger partial charge in [-0.2, -0.15) is 4.39 Å². The number of alkyl halides is 1. The summed E-state index contributed by atoms with van der Waals surface area (Å²) in [6.45, 7) is 0. The van der Waals surface area contributed by atoms with E-state index in [9.17, 15) is 13.6 Å². The monoisotopic (exact) mass is 386 g/mol. The highest BCUT2D eigenvalue weighted by atomic mass is 19.1. The molecule has 1 aliphatic rings. The molecule has 0 spiro atoms. The molecule has 3 heterocycles. The first-order valence-electron chi connectivity index (χ1n) is 9.18. The summed E-state index contributed by atoms with van der Waals surface area (Å²) in [6, 6.07) is 3.04. The molecule has 4 rings (SSSR count). The van der Waals surface area contributed by atoms with E-state index >= 15 is 0 Å². The number of carbonyl (C=O) groups excluding carboxylic acids is 1. The van der Waals surface area contributed by atoms with Crippen LogP contribution >= 0.6 is 0 Å². The molecule has 146 valence electrons. The highest BCUT2D eigenvalue weighted by Gasteiger charge is 2.23. The molecule has 0 radical (unpaired) electrons. The molecule has 0 aromatic carbocycles. The molecule has 1 aliphatic carbocycles. The van der Waals surface area contributed by atoms with Crippen LogP contribution in [-0.2, 0) is 0 Å². The summed E-state index contributed by atoms with van der Waals surface area (Å²) in [5, 5.41) is 6.53. The number of ketones is 1. The molecule has 3 N–H and O–H groups in total. The molecule has 3 aromatic rings. The largest absolute Gasteiger partial charge is 0.372 e. The van der Waals surface area contributed by atoms with E-state index in [4.69, 9.17) is 0 Å². The summed E-state index contributed by atoms with van der Waals surface area (Å²) < 4.78 is 27.8. The number of carbonyl (C=O) groups is 1. The van der Waals surface area contributed by atoms with Gasteiger partial charge in [-0.25, -0.2) is 19.3 Å². The number of hydrogen-bond donors (Lipinski definition) is 3. The van der Waals surface area contributed by atoms with Crippen molar-refractivity contribution in [2.24, 2.45) is 0 Å². The third-order valence-corrected chi connectivity index (χ3v) is 5.05. The van der Waals surface area contributed by atoms with Crippen LogP contribution in [0.15, 0.2) is 24.7 Å². The maximum atomic E-state index is 14.6. The van der Waals surface area contributed by atoms with Crippen LogP contribution in [0.3, 0.4) is 0 Å². The standard InChI is InChI=1S/C19H20F2N6O/c1-22-18-15-13(8-23-19(15)25-9-24-18)16(28)12-6-7-14(27-17(12)21)26-11-4-2-10(20)3-5-11/h6-11H,2-5H2,1H3,(H,26,27)(H2,22,23,24,25). The van der Waals surface area contributed by atoms with Gasteiger partial charge in [-0.3, -0.25) is 4.79 Å². The Kier molecular flexibility index (Phi) is 4.89. The van der Waals surface area contributed by atoms with Gasteiger partial charge in [-0.05, 0) is 37.8 Å². The first-order valence-corrected chi connectivity index (χ1v) is 9.18. The third kappa shape index (κ3) is 3.39. The van der Waals surface area contributed by atoms with Crippen LogP contribution < -0.4 is 10.6 Å². The van der Waals surface area contributed by atoms with Crippen molar-refractivity contribution in [3.63, 3.8) is 0 Å². The van der Waals surface area contributed by atoms with Crippen molar-refractivity contribution in [1.82, 2.24) is 19.9 Å². The van der Waals surface area contributed by atoms with Crippen LogP contribution in [0.4, 0.5) is 20.4 Å². The quantitative estimate of drug-likeness (QED) is 0.459. The molecule has 0 unspecified atom stereocenters. The van der Waals surface area contributed by atoms with Gasteiger partial charge in [-0.1, -0.05) is 0 Å². The molecule has 0 amide bonds. The van der Waals surface area contributed by atoms with E-state index in [-0.39, 0.29) is 17.2 Å². The second kappa shape index (κ2) is 7.49. The summed E-state index contributed by atoms with van der Waals surface area (Å²) in [4.78, 5) is 27.9. The minimum Gasteiger partial charge on any atom is -0.372 e. The smallest absolute Gasteiger partial charge is 0.226 e. The lowest BCUT2D eigenvalue weighted by Crippen LogP contribution is -2.27. The van der Waals surface area contributed by atoms with Gasteiger partial charge < -0.3 is 15.6 Å². The van der Waals surface area contributed by atoms with E-state index in [0.717, 1.165) is 0 Å². The summed E-state index contributed by atoms with van der Waals surface area (Å²) in [5.41, 5.74) is 0.616. The number of nitrogens with zero attached hydrogens (tertiary/aromatic N) is 3. The lowest BCUT2D eigenvalue weighted by atomic mass is 9.94.